The van der Waals surface area contributed by atoms with Gasteiger partial charge in [0.2, 0.25) is 5.95 Å². The molecule has 2 atom stereocenters. The van der Waals surface area contributed by atoms with Gasteiger partial charge in [0.05, 0.1) is 22.4 Å². The van der Waals surface area contributed by atoms with E-state index in [1.54, 1.807) is 16.8 Å². The number of piperidine rings is 1. The van der Waals surface area contributed by atoms with Gasteiger partial charge >= 0.3 is 0 Å². The summed E-state index contributed by atoms with van der Waals surface area (Å²) in [6.45, 7) is 8.58. The zero-order valence-electron chi connectivity index (χ0n) is 20.7. The summed E-state index contributed by atoms with van der Waals surface area (Å²) in [5.74, 6) is 1.76. The first-order valence-electron chi connectivity index (χ1n) is 12.0. The molecule has 0 radical (unpaired) electrons. The van der Waals surface area contributed by atoms with Crippen LogP contribution >= 0.6 is 11.6 Å². The first-order valence-corrected chi connectivity index (χ1v) is 12.4. The maximum atomic E-state index is 12.8. The summed E-state index contributed by atoms with van der Waals surface area (Å²) in [6.07, 6.45) is 3.43. The third-order valence-corrected chi connectivity index (χ3v) is 6.72. The highest BCUT2D eigenvalue weighted by molar-refractivity contribution is 6.31. The molecule has 0 unspecified atom stereocenters. The van der Waals surface area contributed by atoms with E-state index in [0.717, 1.165) is 35.2 Å². The number of nitrogens with one attached hydrogen (secondary N) is 1. The van der Waals surface area contributed by atoms with Gasteiger partial charge in [0.1, 0.15) is 0 Å². The van der Waals surface area contributed by atoms with Crippen LogP contribution < -0.4 is 20.5 Å². The molecule has 2 aromatic heterocycles. The van der Waals surface area contributed by atoms with E-state index in [1.807, 2.05) is 25.1 Å². The topological polar surface area (TPSA) is 89.3 Å². The molecule has 9 heteroatoms. The summed E-state index contributed by atoms with van der Waals surface area (Å²) in [6, 6.07) is 7.63. The molecule has 1 N–H and O–H groups in total. The van der Waals surface area contributed by atoms with Crippen molar-refractivity contribution >= 4 is 34.4 Å². The Labute approximate surface area is 210 Å². The van der Waals surface area contributed by atoms with E-state index < -0.39 is 0 Å². The SMILES string of the molecule is CCn1c(=O)c(OCC(=O)NC)cc2cc(Cc3nc(N4C[C@H](C)C[C@H](C)C4)ncc3Cl)ccc21. The number of anilines is 1. The Balaban J connectivity index is 1.65. The number of benzene rings is 1. The summed E-state index contributed by atoms with van der Waals surface area (Å²) in [7, 11) is 1.53. The molecule has 0 aliphatic carbocycles. The number of pyridine rings is 1. The van der Waals surface area contributed by atoms with Crippen LogP contribution in [-0.4, -0.2) is 47.2 Å². The Morgan fingerprint density at radius 1 is 1.23 bits per heavy atom. The number of likely N-dealkylation sites (N-methyl/N-ethyl adjacent to an activating group) is 1. The van der Waals surface area contributed by atoms with Gasteiger partial charge in [0.15, 0.2) is 12.4 Å². The Morgan fingerprint density at radius 3 is 2.66 bits per heavy atom. The second kappa shape index (κ2) is 10.6. The smallest absolute Gasteiger partial charge is 0.293 e. The van der Waals surface area contributed by atoms with Crippen LogP contribution in [-0.2, 0) is 17.8 Å². The molecule has 186 valence electrons. The van der Waals surface area contributed by atoms with Gasteiger partial charge < -0.3 is 19.5 Å². The summed E-state index contributed by atoms with van der Waals surface area (Å²) in [5, 5.41) is 3.87. The van der Waals surface area contributed by atoms with Crippen molar-refractivity contribution in [2.24, 2.45) is 11.8 Å². The fraction of sp³-hybridized carbons (Fsp3) is 0.462. The molecule has 1 aromatic carbocycles. The van der Waals surface area contributed by atoms with Crippen molar-refractivity contribution in [2.75, 3.05) is 31.6 Å². The van der Waals surface area contributed by atoms with Gasteiger partial charge in [-0.25, -0.2) is 9.97 Å². The van der Waals surface area contributed by atoms with Crippen LogP contribution in [0.5, 0.6) is 5.75 Å². The first-order chi connectivity index (χ1) is 16.8. The molecular formula is C26H32ClN5O3. The van der Waals surface area contributed by atoms with Crippen molar-refractivity contribution in [1.82, 2.24) is 19.9 Å². The third kappa shape index (κ3) is 5.59. The monoisotopic (exact) mass is 497 g/mol. The number of ether oxygens (including phenoxy) is 1. The fourth-order valence-electron chi connectivity index (χ4n) is 4.84. The zero-order chi connectivity index (χ0) is 25.1. The molecule has 4 rings (SSSR count). The Kier molecular flexibility index (Phi) is 7.60. The molecule has 1 amide bonds. The Hall–Kier alpha value is -3.13. The minimum atomic E-state index is -0.298. The lowest BCUT2D eigenvalue weighted by molar-refractivity contribution is -0.122. The summed E-state index contributed by atoms with van der Waals surface area (Å²) >= 11 is 6.49. The predicted octanol–water partition coefficient (Wildman–Crippen LogP) is 3.66. The van der Waals surface area contributed by atoms with Crippen LogP contribution in [0.25, 0.3) is 10.9 Å². The highest BCUT2D eigenvalue weighted by atomic mass is 35.5. The van der Waals surface area contributed by atoms with Crippen molar-refractivity contribution < 1.29 is 9.53 Å². The molecule has 1 fully saturated rings. The molecule has 1 saturated heterocycles. The predicted molar refractivity (Wildman–Crippen MR) is 138 cm³/mol. The van der Waals surface area contributed by atoms with Gasteiger partial charge in [-0.1, -0.05) is 31.5 Å². The minimum absolute atomic E-state index is 0.149. The van der Waals surface area contributed by atoms with Gasteiger partial charge in [0, 0.05) is 38.5 Å². The number of hydrogen-bond acceptors (Lipinski definition) is 6. The lowest BCUT2D eigenvalue weighted by Gasteiger charge is -2.35. The Morgan fingerprint density at radius 2 is 1.97 bits per heavy atom. The van der Waals surface area contributed by atoms with Gasteiger partial charge in [-0.2, -0.15) is 0 Å². The third-order valence-electron chi connectivity index (χ3n) is 6.41. The van der Waals surface area contributed by atoms with E-state index in [9.17, 15) is 9.59 Å². The number of hydrogen-bond donors (Lipinski definition) is 1. The number of amides is 1. The highest BCUT2D eigenvalue weighted by Crippen LogP contribution is 2.27. The van der Waals surface area contributed by atoms with Crippen LogP contribution in [0.2, 0.25) is 5.02 Å². The molecule has 3 aromatic rings. The van der Waals surface area contributed by atoms with Gasteiger partial charge in [-0.3, -0.25) is 9.59 Å². The highest BCUT2D eigenvalue weighted by Gasteiger charge is 2.24. The zero-order valence-corrected chi connectivity index (χ0v) is 21.4. The van der Waals surface area contributed by atoms with Crippen molar-refractivity contribution in [3.05, 3.63) is 57.1 Å². The van der Waals surface area contributed by atoms with E-state index in [-0.39, 0.29) is 23.8 Å². The summed E-state index contributed by atoms with van der Waals surface area (Å²) in [5.41, 5.74) is 2.31. The van der Waals surface area contributed by atoms with Crippen molar-refractivity contribution in [3.8, 4) is 5.75 Å². The average molecular weight is 498 g/mol. The lowest BCUT2D eigenvalue weighted by Crippen LogP contribution is -2.39. The van der Waals surface area contributed by atoms with Crippen LogP contribution in [0.1, 0.15) is 38.4 Å². The molecule has 8 nitrogen and oxygen atoms in total. The van der Waals surface area contributed by atoms with Crippen molar-refractivity contribution in [2.45, 2.75) is 40.2 Å². The maximum absolute atomic E-state index is 12.8. The molecular weight excluding hydrogens is 466 g/mol. The average Bonchev–Trinajstić information content (AvgIpc) is 2.83. The number of fused-ring (bicyclic) bond motifs is 1. The van der Waals surface area contributed by atoms with Crippen molar-refractivity contribution in [3.63, 3.8) is 0 Å². The van der Waals surface area contributed by atoms with E-state index in [1.165, 1.54) is 13.5 Å². The van der Waals surface area contributed by atoms with Gasteiger partial charge in [0.25, 0.3) is 11.5 Å². The molecule has 1 aliphatic rings. The quantitative estimate of drug-likeness (QED) is 0.536. The minimum Gasteiger partial charge on any atom is -0.478 e. The molecule has 0 spiro atoms. The van der Waals surface area contributed by atoms with E-state index in [0.29, 0.717) is 35.8 Å². The number of nitrogens with zero attached hydrogens (tertiary/aromatic N) is 4. The number of rotatable bonds is 7. The van der Waals surface area contributed by atoms with Crippen LogP contribution in [0.4, 0.5) is 5.95 Å². The van der Waals surface area contributed by atoms with Crippen LogP contribution in [0, 0.1) is 11.8 Å². The lowest BCUT2D eigenvalue weighted by atomic mass is 9.92. The number of aryl methyl sites for hydroxylation is 1. The van der Waals surface area contributed by atoms with Crippen LogP contribution in [0.15, 0.2) is 35.3 Å². The number of halogens is 1. The van der Waals surface area contributed by atoms with E-state index >= 15 is 0 Å². The molecule has 1 aliphatic heterocycles. The first kappa shape index (κ1) is 25.0. The van der Waals surface area contributed by atoms with E-state index in [4.69, 9.17) is 21.3 Å². The fourth-order valence-corrected chi connectivity index (χ4v) is 5.00. The van der Waals surface area contributed by atoms with E-state index in [2.05, 4.69) is 29.0 Å². The van der Waals surface area contributed by atoms with Gasteiger partial charge in [-0.05, 0) is 48.9 Å². The molecule has 0 saturated carbocycles. The largest absolute Gasteiger partial charge is 0.478 e. The van der Waals surface area contributed by atoms with Gasteiger partial charge in [-0.15, -0.1) is 0 Å². The molecule has 0 bridgehead atoms. The second-order valence-electron chi connectivity index (χ2n) is 9.41. The summed E-state index contributed by atoms with van der Waals surface area (Å²) < 4.78 is 7.17. The molecule has 35 heavy (non-hydrogen) atoms. The standard InChI is InChI=1S/C26H32ClN5O3/c1-5-32-22-7-6-18(9-19(22)11-23(25(32)34)35-15-24(33)28-4)10-21-20(27)12-29-26(30-21)31-13-16(2)8-17(3)14-31/h6-7,9,11-12,16-17H,5,8,10,13-15H2,1-4H3,(H,28,33)/t16-,17+. The number of carbonyl (C=O) groups is 1. The maximum Gasteiger partial charge on any atom is 0.293 e. The molecule has 3 heterocycles. The summed E-state index contributed by atoms with van der Waals surface area (Å²) in [4.78, 5) is 36.0. The van der Waals surface area contributed by atoms with Crippen LogP contribution in [0.3, 0.4) is 0 Å². The van der Waals surface area contributed by atoms with Crippen molar-refractivity contribution in [1.29, 1.82) is 0 Å². The normalized spacial score (nSPS) is 18.0. The number of carbonyl (C=O) groups excluding carboxylic acids is 1. The number of aromatic nitrogens is 3. The second-order valence-corrected chi connectivity index (χ2v) is 9.81. The Bertz CT molecular complexity index is 1280.